The zero-order valence-electron chi connectivity index (χ0n) is 29.8. The van der Waals surface area contributed by atoms with Crippen LogP contribution < -0.4 is 25.8 Å². The summed E-state index contributed by atoms with van der Waals surface area (Å²) in [6.07, 6.45) is 13.0. The fourth-order valence-electron chi connectivity index (χ4n) is 7.62. The van der Waals surface area contributed by atoms with Crippen molar-refractivity contribution in [2.45, 2.75) is 50.9 Å². The molecule has 0 saturated carbocycles. The van der Waals surface area contributed by atoms with Gasteiger partial charge in [0.25, 0.3) is 0 Å². The van der Waals surface area contributed by atoms with Gasteiger partial charge in [-0.2, -0.15) is 10.1 Å². The number of hydrogen-bond donors (Lipinski definition) is 3. The van der Waals surface area contributed by atoms with Crippen LogP contribution in [0.15, 0.2) is 97.7 Å². The largest absolute Gasteiger partial charge is 0.385 e. The van der Waals surface area contributed by atoms with Crippen molar-refractivity contribution in [1.29, 1.82) is 0 Å². The molecule has 0 bridgehead atoms. The molecule has 264 valence electrons. The van der Waals surface area contributed by atoms with Crippen LogP contribution >= 0.6 is 11.6 Å². The Hall–Kier alpha value is -5.02. The molecular weight excluding hydrogens is 654 g/mol. The third-order valence-electron chi connectivity index (χ3n) is 10.5. The average molecular weight is 702 g/mol. The van der Waals surface area contributed by atoms with Gasteiger partial charge in [0.15, 0.2) is 5.82 Å². The Labute approximate surface area is 306 Å². The normalized spacial score (nSPS) is 19.1. The summed E-state index contributed by atoms with van der Waals surface area (Å²) in [6.45, 7) is 19.2. The van der Waals surface area contributed by atoms with Crippen molar-refractivity contribution >= 4 is 57.4 Å². The number of likely N-dealkylation sites (N-methyl/N-ethyl adjacent to an activating group) is 1. The Morgan fingerprint density at radius 1 is 1.08 bits per heavy atom. The number of fused-ring (bicyclic) bond motifs is 2. The molecule has 2 aromatic heterocycles. The maximum atomic E-state index is 6.63. The molecule has 2 unspecified atom stereocenters. The molecular formula is C41H48ClN9. The van der Waals surface area contributed by atoms with Crippen molar-refractivity contribution in [2.24, 2.45) is 13.0 Å². The van der Waals surface area contributed by atoms with Gasteiger partial charge in [-0.3, -0.25) is 4.68 Å². The van der Waals surface area contributed by atoms with E-state index in [4.69, 9.17) is 21.7 Å². The van der Waals surface area contributed by atoms with E-state index >= 15 is 0 Å². The van der Waals surface area contributed by atoms with Crippen LogP contribution in [0.25, 0.3) is 17.0 Å². The second-order valence-corrected chi connectivity index (χ2v) is 14.4. The maximum Gasteiger partial charge on any atom is 0.227 e. The molecule has 3 aliphatic heterocycles. The number of hydrogen-bond acceptors (Lipinski definition) is 8. The van der Waals surface area contributed by atoms with Crippen LogP contribution in [0.1, 0.15) is 62.1 Å². The van der Waals surface area contributed by atoms with E-state index in [9.17, 15) is 0 Å². The number of anilines is 5. The van der Waals surface area contributed by atoms with Crippen molar-refractivity contribution in [3.63, 3.8) is 0 Å². The van der Waals surface area contributed by atoms with Gasteiger partial charge in [0.2, 0.25) is 5.95 Å². The standard InChI is InChI=1S/C41H48ClN9/c1-7-8-11-30-21-31-22-33(14-17-37(31)49(5)28(30)4)46-40-36(42)24-44-41(47-40)51-20-9-10-29(25-51)18-19-43-32-13-16-35-38(23-32)50(6)48-39(35)34-15-12-26(2)45-27(34)3/h7,13-14,16-17,21-24,29,34,43,45H,1-4,8-12,15,18-20,25H2,5-6H3,(H,44,46,47). The number of nitrogens with zero attached hydrogens (tertiary/aromatic N) is 6. The fourth-order valence-corrected chi connectivity index (χ4v) is 7.76. The molecule has 0 amide bonds. The molecule has 5 heterocycles. The number of aryl methyl sites for hydroxylation is 1. The first-order valence-electron chi connectivity index (χ1n) is 18.0. The first-order valence-corrected chi connectivity index (χ1v) is 18.3. The molecule has 4 aromatic rings. The Balaban J connectivity index is 0.979. The van der Waals surface area contributed by atoms with Crippen molar-refractivity contribution < 1.29 is 0 Å². The van der Waals surface area contributed by atoms with Gasteiger partial charge < -0.3 is 25.8 Å². The maximum absolute atomic E-state index is 6.63. The molecule has 0 spiro atoms. The monoisotopic (exact) mass is 701 g/mol. The summed E-state index contributed by atoms with van der Waals surface area (Å²) in [4.78, 5) is 14.0. The smallest absolute Gasteiger partial charge is 0.227 e. The highest BCUT2D eigenvalue weighted by molar-refractivity contribution is 6.32. The summed E-state index contributed by atoms with van der Waals surface area (Å²) in [5.74, 6) is 2.04. The Morgan fingerprint density at radius 2 is 1.92 bits per heavy atom. The van der Waals surface area contributed by atoms with Gasteiger partial charge in [-0.15, -0.1) is 6.58 Å². The van der Waals surface area contributed by atoms with Crippen LogP contribution in [-0.2, 0) is 7.05 Å². The lowest BCUT2D eigenvalue weighted by atomic mass is 9.90. The van der Waals surface area contributed by atoms with Crippen LogP contribution in [0.5, 0.6) is 0 Å². The SMILES string of the molecule is C=CCCC1=Cc2cc(Nc3nc(N4CCCC(CCNc5ccc6c(C7CCC(=C)NC7=C)nn(C)c6c5)C4)ncc3Cl)ccc2N(C)C1=C. The topological polar surface area (TPSA) is 86.2 Å². The molecule has 2 aromatic carbocycles. The summed E-state index contributed by atoms with van der Waals surface area (Å²) in [5, 5.41) is 17.1. The minimum Gasteiger partial charge on any atom is -0.385 e. The number of allylic oxidation sites excluding steroid dienone is 4. The lowest BCUT2D eigenvalue weighted by molar-refractivity contribution is 0.396. The van der Waals surface area contributed by atoms with Crippen LogP contribution in [0.3, 0.4) is 0 Å². The Kier molecular flexibility index (Phi) is 9.91. The predicted octanol–water partition coefficient (Wildman–Crippen LogP) is 9.29. The van der Waals surface area contributed by atoms with Crippen LogP contribution in [0.2, 0.25) is 5.02 Å². The third kappa shape index (κ3) is 7.26. The third-order valence-corrected chi connectivity index (χ3v) is 10.8. The van der Waals surface area contributed by atoms with Gasteiger partial charge in [-0.05, 0) is 98.9 Å². The van der Waals surface area contributed by atoms with Crippen molar-refractivity contribution in [1.82, 2.24) is 25.1 Å². The van der Waals surface area contributed by atoms with E-state index in [1.54, 1.807) is 6.20 Å². The van der Waals surface area contributed by atoms with Crippen molar-refractivity contribution in [3.8, 4) is 0 Å². The van der Waals surface area contributed by atoms with E-state index in [1.165, 1.54) is 17.4 Å². The van der Waals surface area contributed by atoms with Crippen LogP contribution in [0.4, 0.5) is 28.8 Å². The highest BCUT2D eigenvalue weighted by Crippen LogP contribution is 2.38. The molecule has 2 saturated heterocycles. The van der Waals surface area contributed by atoms with Gasteiger partial charge in [-0.1, -0.05) is 37.4 Å². The van der Waals surface area contributed by atoms with Crippen LogP contribution in [-0.4, -0.2) is 46.4 Å². The van der Waals surface area contributed by atoms with Gasteiger partial charge >= 0.3 is 0 Å². The van der Waals surface area contributed by atoms with Crippen molar-refractivity contribution in [3.05, 3.63) is 114 Å². The summed E-state index contributed by atoms with van der Waals surface area (Å²) < 4.78 is 1.99. The summed E-state index contributed by atoms with van der Waals surface area (Å²) in [6, 6.07) is 12.9. The minimum absolute atomic E-state index is 0.189. The Bertz CT molecular complexity index is 2040. The molecule has 0 radical (unpaired) electrons. The van der Waals surface area contributed by atoms with Crippen LogP contribution in [0, 0.1) is 5.92 Å². The second-order valence-electron chi connectivity index (χ2n) is 14.0. The van der Waals surface area contributed by atoms with Gasteiger partial charge in [-0.25, -0.2) is 4.98 Å². The summed E-state index contributed by atoms with van der Waals surface area (Å²) >= 11 is 6.63. The zero-order chi connectivity index (χ0) is 35.6. The van der Waals surface area contributed by atoms with E-state index in [2.05, 4.69) is 107 Å². The number of aromatic nitrogens is 4. The van der Waals surface area contributed by atoms with Gasteiger partial charge in [0, 0.05) is 84.8 Å². The molecule has 2 atom stereocenters. The number of nitrogens with one attached hydrogen (secondary N) is 3. The van der Waals surface area contributed by atoms with Gasteiger partial charge in [0.1, 0.15) is 5.02 Å². The number of benzene rings is 2. The molecule has 3 N–H and O–H groups in total. The minimum atomic E-state index is 0.189. The molecule has 10 heteroatoms. The summed E-state index contributed by atoms with van der Waals surface area (Å²) in [5.41, 5.74) is 10.7. The predicted molar refractivity (Wildman–Crippen MR) is 214 cm³/mol. The van der Waals surface area contributed by atoms with Crippen molar-refractivity contribution in [2.75, 3.05) is 47.1 Å². The molecule has 51 heavy (non-hydrogen) atoms. The highest BCUT2D eigenvalue weighted by atomic mass is 35.5. The van der Waals surface area contributed by atoms with E-state index in [0.29, 0.717) is 22.7 Å². The lowest BCUT2D eigenvalue weighted by Crippen LogP contribution is -2.37. The molecule has 0 aliphatic carbocycles. The molecule has 7 rings (SSSR count). The second kappa shape index (κ2) is 14.7. The quantitative estimate of drug-likeness (QED) is 0.134. The van der Waals surface area contributed by atoms with E-state index < -0.39 is 0 Å². The lowest BCUT2D eigenvalue weighted by Gasteiger charge is -2.33. The first-order chi connectivity index (χ1) is 24.7. The first kappa shape index (κ1) is 34.4. The molecule has 2 fully saturated rings. The number of piperidine rings is 2. The van der Waals surface area contributed by atoms with E-state index in [0.717, 1.165) is 109 Å². The van der Waals surface area contributed by atoms with E-state index in [1.807, 2.05) is 17.8 Å². The average Bonchev–Trinajstić information content (AvgIpc) is 3.45. The molecule has 3 aliphatic rings. The summed E-state index contributed by atoms with van der Waals surface area (Å²) in [7, 11) is 4.08. The van der Waals surface area contributed by atoms with E-state index in [-0.39, 0.29) is 5.92 Å². The fraction of sp³-hybridized carbons (Fsp3) is 0.341. The highest BCUT2D eigenvalue weighted by Gasteiger charge is 2.26. The number of halogens is 1. The zero-order valence-corrected chi connectivity index (χ0v) is 30.6. The van der Waals surface area contributed by atoms with Gasteiger partial charge in [0.05, 0.1) is 17.4 Å². The number of rotatable bonds is 11. The molecule has 9 nitrogen and oxygen atoms in total. The Morgan fingerprint density at radius 3 is 2.75 bits per heavy atom.